The summed E-state index contributed by atoms with van der Waals surface area (Å²) in [5.41, 5.74) is 1.38. The maximum absolute atomic E-state index is 12.2. The third-order valence-electron chi connectivity index (χ3n) is 4.41. The number of carbonyl (C=O) groups excluding carboxylic acids is 1. The highest BCUT2D eigenvalue weighted by atomic mass is 16.2. The maximum Gasteiger partial charge on any atom is 0.239 e. The summed E-state index contributed by atoms with van der Waals surface area (Å²) in [4.78, 5) is 13.9. The van der Waals surface area contributed by atoms with E-state index in [1.54, 1.807) is 4.90 Å². The van der Waals surface area contributed by atoms with Crippen LogP contribution in [0.3, 0.4) is 0 Å². The zero-order valence-corrected chi connectivity index (χ0v) is 12.7. The van der Waals surface area contributed by atoms with Crippen LogP contribution in [0.1, 0.15) is 24.3 Å². The Kier molecular flexibility index (Phi) is 3.93. The van der Waals surface area contributed by atoms with Crippen molar-refractivity contribution in [1.82, 2.24) is 10.2 Å². The summed E-state index contributed by atoms with van der Waals surface area (Å²) in [5.74, 6) is 0.631. The molecule has 0 radical (unpaired) electrons. The second-order valence-corrected chi connectivity index (χ2v) is 6.03. The van der Waals surface area contributed by atoms with Crippen molar-refractivity contribution in [2.75, 3.05) is 20.6 Å². The lowest BCUT2D eigenvalue weighted by molar-refractivity contribution is -0.131. The minimum atomic E-state index is -0.0577. The van der Waals surface area contributed by atoms with Gasteiger partial charge in [0.25, 0.3) is 0 Å². The van der Waals surface area contributed by atoms with Gasteiger partial charge in [-0.2, -0.15) is 0 Å². The van der Waals surface area contributed by atoms with Crippen LogP contribution in [-0.4, -0.2) is 37.5 Å². The molecular formula is C18H22N2O. The fourth-order valence-electron chi connectivity index (χ4n) is 3.31. The summed E-state index contributed by atoms with van der Waals surface area (Å²) in [6.45, 7) is 0.901. The van der Waals surface area contributed by atoms with E-state index in [1.165, 1.54) is 16.3 Å². The molecule has 0 spiro atoms. The van der Waals surface area contributed by atoms with Crippen molar-refractivity contribution in [3.63, 3.8) is 0 Å². The van der Waals surface area contributed by atoms with Crippen LogP contribution in [0.25, 0.3) is 10.8 Å². The van der Waals surface area contributed by atoms with Crippen LogP contribution in [0, 0.1) is 0 Å². The predicted molar refractivity (Wildman–Crippen MR) is 86.4 cm³/mol. The first-order valence-electron chi connectivity index (χ1n) is 7.59. The first kappa shape index (κ1) is 14.1. The van der Waals surface area contributed by atoms with Crippen molar-refractivity contribution in [2.45, 2.75) is 24.8 Å². The normalized spacial score (nSPS) is 22.2. The van der Waals surface area contributed by atoms with Crippen LogP contribution in [0.2, 0.25) is 0 Å². The molecular weight excluding hydrogens is 260 g/mol. The van der Waals surface area contributed by atoms with Gasteiger partial charge in [0.2, 0.25) is 5.91 Å². The van der Waals surface area contributed by atoms with Gasteiger partial charge < -0.3 is 10.2 Å². The van der Waals surface area contributed by atoms with Gasteiger partial charge in [0, 0.05) is 14.1 Å². The summed E-state index contributed by atoms with van der Waals surface area (Å²) in [5, 5.41) is 5.96. The van der Waals surface area contributed by atoms with E-state index in [9.17, 15) is 4.79 Å². The van der Waals surface area contributed by atoms with E-state index in [1.807, 2.05) is 14.1 Å². The lowest BCUT2D eigenvalue weighted by Crippen LogP contribution is -2.47. The minimum Gasteiger partial charge on any atom is -0.347 e. The molecule has 21 heavy (non-hydrogen) atoms. The Morgan fingerprint density at radius 1 is 1.14 bits per heavy atom. The molecule has 1 heterocycles. The van der Waals surface area contributed by atoms with Crippen molar-refractivity contribution in [2.24, 2.45) is 0 Å². The number of nitrogens with zero attached hydrogens (tertiary/aromatic N) is 1. The number of rotatable bonds is 2. The molecule has 0 saturated carbocycles. The topological polar surface area (TPSA) is 32.3 Å². The van der Waals surface area contributed by atoms with Gasteiger partial charge in [-0.25, -0.2) is 0 Å². The van der Waals surface area contributed by atoms with Crippen LogP contribution >= 0.6 is 0 Å². The van der Waals surface area contributed by atoms with Crippen LogP contribution in [0.5, 0.6) is 0 Å². The van der Waals surface area contributed by atoms with Crippen LogP contribution < -0.4 is 5.32 Å². The third kappa shape index (κ3) is 2.79. The Morgan fingerprint density at radius 2 is 1.90 bits per heavy atom. The molecule has 3 rings (SSSR count). The number of hydrogen-bond donors (Lipinski definition) is 1. The summed E-state index contributed by atoms with van der Waals surface area (Å²) in [6, 6.07) is 15.0. The Labute approximate surface area is 125 Å². The van der Waals surface area contributed by atoms with E-state index in [2.05, 4.69) is 47.8 Å². The van der Waals surface area contributed by atoms with Gasteiger partial charge in [-0.05, 0) is 41.6 Å². The van der Waals surface area contributed by atoms with E-state index in [0.29, 0.717) is 5.92 Å². The van der Waals surface area contributed by atoms with Crippen LogP contribution in [0.15, 0.2) is 42.5 Å². The Bertz CT molecular complexity index is 645. The van der Waals surface area contributed by atoms with Gasteiger partial charge >= 0.3 is 0 Å². The number of fused-ring (bicyclic) bond motifs is 1. The van der Waals surface area contributed by atoms with Gasteiger partial charge in [0.15, 0.2) is 0 Å². The number of likely N-dealkylation sites (N-methyl/N-ethyl adjacent to an activating group) is 1. The average Bonchev–Trinajstić information content (AvgIpc) is 2.53. The van der Waals surface area contributed by atoms with Crippen molar-refractivity contribution in [3.05, 3.63) is 48.0 Å². The highest BCUT2D eigenvalue weighted by Gasteiger charge is 2.29. The molecule has 110 valence electrons. The smallest absolute Gasteiger partial charge is 0.239 e. The molecule has 1 fully saturated rings. The van der Waals surface area contributed by atoms with Crippen molar-refractivity contribution in [3.8, 4) is 0 Å². The van der Waals surface area contributed by atoms with E-state index < -0.39 is 0 Å². The maximum atomic E-state index is 12.2. The van der Waals surface area contributed by atoms with E-state index in [4.69, 9.17) is 0 Å². The summed E-state index contributed by atoms with van der Waals surface area (Å²) >= 11 is 0. The number of amides is 1. The summed E-state index contributed by atoms with van der Waals surface area (Å²) in [7, 11) is 3.65. The van der Waals surface area contributed by atoms with E-state index >= 15 is 0 Å². The Morgan fingerprint density at radius 3 is 2.71 bits per heavy atom. The fourth-order valence-corrected chi connectivity index (χ4v) is 3.31. The van der Waals surface area contributed by atoms with Crippen molar-refractivity contribution < 1.29 is 4.79 Å². The third-order valence-corrected chi connectivity index (χ3v) is 4.41. The number of benzene rings is 2. The molecule has 2 aromatic carbocycles. The van der Waals surface area contributed by atoms with Crippen LogP contribution in [0.4, 0.5) is 0 Å². The molecule has 1 N–H and O–H groups in total. The molecule has 0 aromatic heterocycles. The minimum absolute atomic E-state index is 0.0577. The number of hydrogen-bond acceptors (Lipinski definition) is 2. The zero-order chi connectivity index (χ0) is 14.8. The van der Waals surface area contributed by atoms with Gasteiger partial charge in [0.05, 0.1) is 6.04 Å². The first-order valence-corrected chi connectivity index (χ1v) is 7.59. The van der Waals surface area contributed by atoms with E-state index in [-0.39, 0.29) is 11.9 Å². The summed E-state index contributed by atoms with van der Waals surface area (Å²) < 4.78 is 0. The van der Waals surface area contributed by atoms with E-state index in [0.717, 1.165) is 19.4 Å². The number of nitrogens with one attached hydrogen (secondary N) is 1. The second kappa shape index (κ2) is 5.86. The largest absolute Gasteiger partial charge is 0.347 e. The zero-order valence-electron chi connectivity index (χ0n) is 12.7. The standard InChI is InChI=1S/C18H22N2O/c1-20(2)18(21)17-12-14(10-11-19-17)16-9-5-7-13-6-3-4-8-15(13)16/h3-9,14,17,19H,10-12H2,1-2H3. The van der Waals surface area contributed by atoms with Gasteiger partial charge in [-0.3, -0.25) is 4.79 Å². The Hall–Kier alpha value is -1.87. The molecule has 2 atom stereocenters. The number of piperidine rings is 1. The quantitative estimate of drug-likeness (QED) is 0.918. The van der Waals surface area contributed by atoms with Gasteiger partial charge in [-0.15, -0.1) is 0 Å². The molecule has 1 amide bonds. The molecule has 1 aliphatic heterocycles. The molecule has 3 heteroatoms. The fraction of sp³-hybridized carbons (Fsp3) is 0.389. The first-order chi connectivity index (χ1) is 10.2. The van der Waals surface area contributed by atoms with Crippen molar-refractivity contribution in [1.29, 1.82) is 0 Å². The molecule has 2 unspecified atom stereocenters. The van der Waals surface area contributed by atoms with Gasteiger partial charge in [0.1, 0.15) is 0 Å². The highest BCUT2D eigenvalue weighted by molar-refractivity contribution is 5.86. The Balaban J connectivity index is 1.90. The molecule has 1 aliphatic rings. The predicted octanol–water partition coefficient (Wildman–Crippen LogP) is 2.76. The second-order valence-electron chi connectivity index (χ2n) is 6.03. The molecule has 3 nitrogen and oxygen atoms in total. The lowest BCUT2D eigenvalue weighted by Gasteiger charge is -2.32. The SMILES string of the molecule is CN(C)C(=O)C1CC(c2cccc3ccccc23)CCN1. The van der Waals surface area contributed by atoms with Crippen LogP contribution in [-0.2, 0) is 4.79 Å². The number of carbonyl (C=O) groups is 1. The monoisotopic (exact) mass is 282 g/mol. The lowest BCUT2D eigenvalue weighted by atomic mass is 9.83. The molecule has 2 aromatic rings. The molecule has 0 bridgehead atoms. The molecule has 0 aliphatic carbocycles. The summed E-state index contributed by atoms with van der Waals surface area (Å²) in [6.07, 6.45) is 1.97. The average molecular weight is 282 g/mol. The van der Waals surface area contributed by atoms with Crippen molar-refractivity contribution >= 4 is 16.7 Å². The highest BCUT2D eigenvalue weighted by Crippen LogP contribution is 2.33. The van der Waals surface area contributed by atoms with Gasteiger partial charge in [-0.1, -0.05) is 42.5 Å². The molecule has 1 saturated heterocycles.